The summed E-state index contributed by atoms with van der Waals surface area (Å²) in [6.45, 7) is 6.41. The Bertz CT molecular complexity index is 881. The first-order valence-corrected chi connectivity index (χ1v) is 10.4. The lowest BCUT2D eigenvalue weighted by Crippen LogP contribution is -2.53. The molecule has 166 valence electrons. The van der Waals surface area contributed by atoms with Crippen molar-refractivity contribution in [3.63, 3.8) is 0 Å². The van der Waals surface area contributed by atoms with Gasteiger partial charge in [-0.1, -0.05) is 18.2 Å². The van der Waals surface area contributed by atoms with E-state index in [0.717, 1.165) is 5.69 Å². The van der Waals surface area contributed by atoms with E-state index >= 15 is 0 Å². The zero-order valence-electron chi connectivity index (χ0n) is 18.4. The number of urea groups is 1. The average Bonchev–Trinajstić information content (AvgIpc) is 2.73. The van der Waals surface area contributed by atoms with Crippen LogP contribution < -0.4 is 15.4 Å². The van der Waals surface area contributed by atoms with Gasteiger partial charge >= 0.3 is 12.1 Å². The predicted molar refractivity (Wildman–Crippen MR) is 118 cm³/mol. The van der Waals surface area contributed by atoms with Crippen LogP contribution in [0.25, 0.3) is 0 Å². The third-order valence-electron chi connectivity index (χ3n) is 4.99. The lowest BCUT2D eigenvalue weighted by molar-refractivity contribution is 0.0178. The van der Waals surface area contributed by atoms with Gasteiger partial charge in [-0.05, 0) is 51.5 Å². The standard InChI is InChI=1S/C23H30N4O4/c1-23(2,3)31-22(29)27-13-12-20(26-21(28)25-16-8-6-5-7-9-16)18(15-27)19-11-10-17(30-4)14-24-19/h5-11,14,18,20H,12-13,15H2,1-4H3,(H2,25,26,28). The van der Waals surface area contributed by atoms with Crippen LogP contribution in [0, 0.1) is 0 Å². The Balaban J connectivity index is 1.75. The van der Waals surface area contributed by atoms with Crippen molar-refractivity contribution >= 4 is 17.8 Å². The maximum atomic E-state index is 12.6. The second kappa shape index (κ2) is 9.68. The van der Waals surface area contributed by atoms with Gasteiger partial charge in [-0.15, -0.1) is 0 Å². The molecule has 0 bridgehead atoms. The Morgan fingerprint density at radius 3 is 2.48 bits per heavy atom. The van der Waals surface area contributed by atoms with Crippen molar-refractivity contribution in [2.24, 2.45) is 0 Å². The lowest BCUT2D eigenvalue weighted by atomic mass is 9.89. The highest BCUT2D eigenvalue weighted by Crippen LogP contribution is 2.28. The molecule has 0 saturated carbocycles. The first-order valence-electron chi connectivity index (χ1n) is 10.4. The Labute approximate surface area is 182 Å². The van der Waals surface area contributed by atoms with Gasteiger partial charge in [0.1, 0.15) is 11.4 Å². The molecule has 31 heavy (non-hydrogen) atoms. The molecule has 1 fully saturated rings. The maximum Gasteiger partial charge on any atom is 0.410 e. The van der Waals surface area contributed by atoms with Crippen LogP contribution in [0.1, 0.15) is 38.8 Å². The van der Waals surface area contributed by atoms with Gasteiger partial charge in [-0.2, -0.15) is 0 Å². The summed E-state index contributed by atoms with van der Waals surface area (Å²) in [5.74, 6) is 0.462. The SMILES string of the molecule is COc1ccc(C2CN(C(=O)OC(C)(C)C)CCC2NC(=O)Nc2ccccc2)nc1. The molecule has 2 N–H and O–H groups in total. The molecule has 2 aromatic rings. The van der Waals surface area contributed by atoms with Gasteiger partial charge in [0.25, 0.3) is 0 Å². The largest absolute Gasteiger partial charge is 0.495 e. The monoisotopic (exact) mass is 426 g/mol. The molecular weight excluding hydrogens is 396 g/mol. The molecule has 1 aliphatic rings. The number of hydrogen-bond donors (Lipinski definition) is 2. The van der Waals surface area contributed by atoms with Crippen LogP contribution in [0.15, 0.2) is 48.7 Å². The van der Waals surface area contributed by atoms with E-state index in [-0.39, 0.29) is 24.1 Å². The number of likely N-dealkylation sites (tertiary alicyclic amines) is 1. The van der Waals surface area contributed by atoms with Crippen LogP contribution in [0.2, 0.25) is 0 Å². The fourth-order valence-corrected chi connectivity index (χ4v) is 3.51. The van der Waals surface area contributed by atoms with Crippen LogP contribution in [0.5, 0.6) is 5.75 Å². The summed E-state index contributed by atoms with van der Waals surface area (Å²) in [7, 11) is 1.58. The van der Waals surface area contributed by atoms with E-state index in [1.54, 1.807) is 18.2 Å². The van der Waals surface area contributed by atoms with E-state index in [1.807, 2.05) is 63.2 Å². The van der Waals surface area contributed by atoms with Gasteiger partial charge in [0.15, 0.2) is 0 Å². The molecule has 8 heteroatoms. The minimum absolute atomic E-state index is 0.186. The second-order valence-electron chi connectivity index (χ2n) is 8.52. The summed E-state index contributed by atoms with van der Waals surface area (Å²) < 4.78 is 10.7. The van der Waals surface area contributed by atoms with Crippen molar-refractivity contribution in [2.45, 2.75) is 44.8 Å². The van der Waals surface area contributed by atoms with E-state index in [2.05, 4.69) is 15.6 Å². The number of nitrogens with zero attached hydrogens (tertiary/aromatic N) is 2. The zero-order chi connectivity index (χ0) is 22.4. The molecule has 2 atom stereocenters. The third kappa shape index (κ3) is 6.34. The van der Waals surface area contributed by atoms with Crippen molar-refractivity contribution in [1.82, 2.24) is 15.2 Å². The number of methoxy groups -OCH3 is 1. The minimum atomic E-state index is -0.574. The van der Waals surface area contributed by atoms with Crippen molar-refractivity contribution in [2.75, 3.05) is 25.5 Å². The van der Waals surface area contributed by atoms with Gasteiger partial charge < -0.3 is 25.0 Å². The number of aromatic nitrogens is 1. The molecule has 8 nitrogen and oxygen atoms in total. The number of pyridine rings is 1. The van der Waals surface area contributed by atoms with Gasteiger partial charge in [-0.25, -0.2) is 9.59 Å². The maximum absolute atomic E-state index is 12.6. The summed E-state index contributed by atoms with van der Waals surface area (Å²) >= 11 is 0. The van der Waals surface area contributed by atoms with Crippen LogP contribution >= 0.6 is 0 Å². The number of benzene rings is 1. The summed E-state index contributed by atoms with van der Waals surface area (Å²) in [6, 6.07) is 12.5. The fraction of sp³-hybridized carbons (Fsp3) is 0.435. The Hall–Kier alpha value is -3.29. The van der Waals surface area contributed by atoms with E-state index < -0.39 is 5.60 Å². The number of rotatable bonds is 4. The molecule has 1 aliphatic heterocycles. The topological polar surface area (TPSA) is 92.8 Å². The van der Waals surface area contributed by atoms with Gasteiger partial charge in [0.05, 0.1) is 13.3 Å². The van der Waals surface area contributed by atoms with E-state index in [4.69, 9.17) is 9.47 Å². The summed E-state index contributed by atoms with van der Waals surface area (Å²) in [5, 5.41) is 5.90. The molecule has 3 rings (SSSR count). The minimum Gasteiger partial charge on any atom is -0.495 e. The Kier molecular flexibility index (Phi) is 6.99. The molecule has 2 unspecified atom stereocenters. The number of carbonyl (C=O) groups excluding carboxylic acids is 2. The predicted octanol–water partition coefficient (Wildman–Crippen LogP) is 4.00. The van der Waals surface area contributed by atoms with Crippen LogP contribution in [-0.4, -0.2) is 53.9 Å². The third-order valence-corrected chi connectivity index (χ3v) is 4.99. The highest BCUT2D eigenvalue weighted by atomic mass is 16.6. The number of ether oxygens (including phenoxy) is 2. The van der Waals surface area contributed by atoms with Gasteiger partial charge in [0, 0.05) is 36.4 Å². The van der Waals surface area contributed by atoms with E-state index in [1.165, 1.54) is 0 Å². The van der Waals surface area contributed by atoms with Crippen molar-refractivity contribution in [3.05, 3.63) is 54.4 Å². The zero-order valence-corrected chi connectivity index (χ0v) is 18.4. The summed E-state index contributed by atoms with van der Waals surface area (Å²) in [4.78, 5) is 31.4. The first-order chi connectivity index (χ1) is 14.7. The quantitative estimate of drug-likeness (QED) is 0.771. The Morgan fingerprint density at radius 1 is 1.13 bits per heavy atom. The number of hydrogen-bond acceptors (Lipinski definition) is 5. The van der Waals surface area contributed by atoms with Gasteiger partial charge in [-0.3, -0.25) is 4.98 Å². The van der Waals surface area contributed by atoms with Crippen LogP contribution in [0.3, 0.4) is 0 Å². The lowest BCUT2D eigenvalue weighted by Gasteiger charge is -2.39. The highest BCUT2D eigenvalue weighted by molar-refractivity contribution is 5.89. The second-order valence-corrected chi connectivity index (χ2v) is 8.52. The number of carbonyl (C=O) groups is 2. The first kappa shape index (κ1) is 22.4. The van der Waals surface area contributed by atoms with Gasteiger partial charge in [0.2, 0.25) is 0 Å². The molecule has 1 saturated heterocycles. The molecule has 3 amide bonds. The van der Waals surface area contributed by atoms with Crippen molar-refractivity contribution in [1.29, 1.82) is 0 Å². The highest BCUT2D eigenvalue weighted by Gasteiger charge is 2.36. The van der Waals surface area contributed by atoms with Crippen molar-refractivity contribution < 1.29 is 19.1 Å². The number of para-hydroxylation sites is 1. The molecular formula is C23H30N4O4. The van der Waals surface area contributed by atoms with E-state index in [9.17, 15) is 9.59 Å². The number of piperidine rings is 1. The molecule has 1 aromatic heterocycles. The molecule has 2 heterocycles. The average molecular weight is 427 g/mol. The molecule has 0 aliphatic carbocycles. The number of nitrogens with one attached hydrogen (secondary N) is 2. The fourth-order valence-electron chi connectivity index (χ4n) is 3.51. The normalized spacial score (nSPS) is 18.8. The molecule has 0 spiro atoms. The number of anilines is 1. The summed E-state index contributed by atoms with van der Waals surface area (Å²) in [6.07, 6.45) is 1.86. The van der Waals surface area contributed by atoms with Crippen LogP contribution in [0.4, 0.5) is 15.3 Å². The Morgan fingerprint density at radius 2 is 1.87 bits per heavy atom. The van der Waals surface area contributed by atoms with Crippen molar-refractivity contribution in [3.8, 4) is 5.75 Å². The summed E-state index contributed by atoms with van der Waals surface area (Å²) in [5.41, 5.74) is 0.916. The molecule has 0 radical (unpaired) electrons. The van der Waals surface area contributed by atoms with Crippen LogP contribution in [-0.2, 0) is 4.74 Å². The molecule has 1 aromatic carbocycles. The smallest absolute Gasteiger partial charge is 0.410 e. The number of amides is 3. The van der Waals surface area contributed by atoms with E-state index in [0.29, 0.717) is 30.9 Å².